The van der Waals surface area contributed by atoms with Crippen molar-refractivity contribution in [2.75, 3.05) is 11.9 Å². The number of likely N-dealkylation sites (N-methyl/N-ethyl adjacent to an activating group) is 1. The first-order valence-electron chi connectivity index (χ1n) is 6.36. The lowest BCUT2D eigenvalue weighted by molar-refractivity contribution is -0.119. The summed E-state index contributed by atoms with van der Waals surface area (Å²) in [6.45, 7) is 1.76. The molecule has 2 aromatic rings. The summed E-state index contributed by atoms with van der Waals surface area (Å²) in [5.74, 6) is 0.742. The number of aromatic nitrogens is 2. The first-order valence-corrected chi connectivity index (χ1v) is 6.36. The highest BCUT2D eigenvalue weighted by Gasteiger charge is 2.58. The topological polar surface area (TPSA) is 66.1 Å². The number of hydrogen-bond acceptors (Lipinski definition) is 3. The van der Waals surface area contributed by atoms with Crippen molar-refractivity contribution in [2.24, 2.45) is 0 Å². The van der Waals surface area contributed by atoms with Gasteiger partial charge in [0.05, 0.1) is 16.3 Å². The van der Waals surface area contributed by atoms with Crippen LogP contribution in [0.2, 0.25) is 0 Å². The van der Waals surface area contributed by atoms with E-state index in [0.717, 1.165) is 24.1 Å². The van der Waals surface area contributed by atoms with E-state index in [4.69, 9.17) is 0 Å². The number of amides is 1. The summed E-state index contributed by atoms with van der Waals surface area (Å²) >= 11 is 0. The summed E-state index contributed by atoms with van der Waals surface area (Å²) in [5.41, 5.74) is 2.09. The van der Waals surface area contributed by atoms with Gasteiger partial charge in [0.2, 0.25) is 5.91 Å². The van der Waals surface area contributed by atoms with Crippen LogP contribution in [0.5, 0.6) is 0 Å². The highest BCUT2D eigenvalue weighted by molar-refractivity contribution is 6.11. The van der Waals surface area contributed by atoms with Crippen molar-refractivity contribution in [3.05, 3.63) is 33.9 Å². The van der Waals surface area contributed by atoms with E-state index >= 15 is 0 Å². The van der Waals surface area contributed by atoms with Crippen molar-refractivity contribution < 1.29 is 4.79 Å². The number of aromatic amines is 1. The molecule has 0 bridgehead atoms. The summed E-state index contributed by atoms with van der Waals surface area (Å²) < 4.78 is 0. The molecule has 1 spiro atoms. The maximum atomic E-state index is 12.3. The zero-order valence-corrected chi connectivity index (χ0v) is 10.8. The molecule has 2 heterocycles. The molecule has 1 aliphatic heterocycles. The monoisotopic (exact) mass is 255 g/mol. The quantitative estimate of drug-likeness (QED) is 0.770. The van der Waals surface area contributed by atoms with Crippen LogP contribution in [0, 0.1) is 6.92 Å². The lowest BCUT2D eigenvalue weighted by Crippen LogP contribution is -2.27. The predicted octanol–water partition coefficient (Wildman–Crippen LogP) is 1.24. The standard InChI is InChI=1S/C14H13N3O2/c1-7-15-10-6-9-11(5-8(10)12(18)16-7)17(2)13(19)14(9)3-4-14/h5-6H,3-4H2,1-2H3,(H,15,16,18). The third-order valence-electron chi connectivity index (χ3n) is 4.28. The normalized spacial score (nSPS) is 19.3. The Kier molecular flexibility index (Phi) is 1.72. The van der Waals surface area contributed by atoms with Crippen molar-refractivity contribution in [3.8, 4) is 0 Å². The van der Waals surface area contributed by atoms with Gasteiger partial charge in [0.15, 0.2) is 0 Å². The maximum Gasteiger partial charge on any atom is 0.258 e. The molecule has 2 aliphatic rings. The van der Waals surface area contributed by atoms with Crippen LogP contribution in [0.4, 0.5) is 5.69 Å². The molecule has 0 atom stereocenters. The molecule has 0 radical (unpaired) electrons. The van der Waals surface area contributed by atoms with Gasteiger partial charge in [-0.25, -0.2) is 4.98 Å². The van der Waals surface area contributed by atoms with Crippen molar-refractivity contribution in [3.63, 3.8) is 0 Å². The van der Waals surface area contributed by atoms with Crippen molar-refractivity contribution in [1.82, 2.24) is 9.97 Å². The van der Waals surface area contributed by atoms with Gasteiger partial charge in [-0.05, 0) is 37.5 Å². The van der Waals surface area contributed by atoms with Gasteiger partial charge in [-0.1, -0.05) is 0 Å². The van der Waals surface area contributed by atoms with Crippen molar-refractivity contribution in [1.29, 1.82) is 0 Å². The minimum absolute atomic E-state index is 0.144. The van der Waals surface area contributed by atoms with E-state index in [1.54, 1.807) is 24.9 Å². The van der Waals surface area contributed by atoms with Gasteiger partial charge in [0, 0.05) is 12.7 Å². The van der Waals surface area contributed by atoms with Crippen LogP contribution in [0.3, 0.4) is 0 Å². The molecule has 5 heteroatoms. The fourth-order valence-corrected chi connectivity index (χ4v) is 3.11. The SMILES string of the molecule is Cc1nc2cc3c(cc2c(=O)[nH]1)N(C)C(=O)C31CC1. The second-order valence-electron chi connectivity index (χ2n) is 5.48. The number of benzene rings is 1. The molecule has 0 saturated heterocycles. The fraction of sp³-hybridized carbons (Fsp3) is 0.357. The van der Waals surface area contributed by atoms with Crippen LogP contribution in [0.25, 0.3) is 10.9 Å². The summed E-state index contributed by atoms with van der Waals surface area (Å²) in [6, 6.07) is 3.71. The first kappa shape index (κ1) is 10.7. The van der Waals surface area contributed by atoms with Crippen molar-refractivity contribution >= 4 is 22.5 Å². The number of hydrogen-bond donors (Lipinski definition) is 1. The Hall–Kier alpha value is -2.17. The number of anilines is 1. The largest absolute Gasteiger partial charge is 0.314 e. The van der Waals surface area contributed by atoms with E-state index in [-0.39, 0.29) is 16.9 Å². The Morgan fingerprint density at radius 2 is 2.05 bits per heavy atom. The maximum absolute atomic E-state index is 12.3. The number of H-pyrrole nitrogens is 1. The predicted molar refractivity (Wildman–Crippen MR) is 71.4 cm³/mol. The molecule has 1 aromatic carbocycles. The van der Waals surface area contributed by atoms with Gasteiger partial charge in [-0.3, -0.25) is 9.59 Å². The van der Waals surface area contributed by atoms with Crippen LogP contribution >= 0.6 is 0 Å². The molecule has 5 nitrogen and oxygen atoms in total. The van der Waals surface area contributed by atoms with E-state index in [1.165, 1.54) is 0 Å². The highest BCUT2D eigenvalue weighted by Crippen LogP contribution is 2.57. The Balaban J connectivity index is 2.11. The van der Waals surface area contributed by atoms with E-state index in [1.807, 2.05) is 6.07 Å². The summed E-state index contributed by atoms with van der Waals surface area (Å²) in [5, 5.41) is 0.543. The van der Waals surface area contributed by atoms with Gasteiger partial charge in [0.1, 0.15) is 5.82 Å². The molecular formula is C14H13N3O2. The number of nitrogens with zero attached hydrogens (tertiary/aromatic N) is 2. The molecule has 0 unspecified atom stereocenters. The minimum atomic E-state index is -0.323. The van der Waals surface area contributed by atoms with E-state index in [0.29, 0.717) is 16.7 Å². The molecule has 1 N–H and O–H groups in total. The lowest BCUT2D eigenvalue weighted by Gasteiger charge is -2.10. The Morgan fingerprint density at radius 3 is 2.74 bits per heavy atom. The van der Waals surface area contributed by atoms with Gasteiger partial charge >= 0.3 is 0 Å². The Morgan fingerprint density at radius 1 is 1.32 bits per heavy atom. The zero-order valence-electron chi connectivity index (χ0n) is 10.8. The van der Waals surface area contributed by atoms with Crippen LogP contribution in [0.15, 0.2) is 16.9 Å². The van der Waals surface area contributed by atoms with E-state index in [2.05, 4.69) is 9.97 Å². The molecule has 19 heavy (non-hydrogen) atoms. The molecule has 96 valence electrons. The van der Waals surface area contributed by atoms with Gasteiger partial charge < -0.3 is 9.88 Å². The molecular weight excluding hydrogens is 242 g/mol. The summed E-state index contributed by atoms with van der Waals surface area (Å²) in [4.78, 5) is 33.0. The Bertz CT molecular complexity index is 802. The zero-order chi connectivity index (χ0) is 13.4. The second-order valence-corrected chi connectivity index (χ2v) is 5.48. The van der Waals surface area contributed by atoms with Crippen LogP contribution in [-0.2, 0) is 10.2 Å². The third kappa shape index (κ3) is 1.17. The number of aryl methyl sites for hydroxylation is 1. The molecule has 1 amide bonds. The van der Waals surface area contributed by atoms with Gasteiger partial charge in [-0.2, -0.15) is 0 Å². The van der Waals surface area contributed by atoms with Gasteiger partial charge in [0.25, 0.3) is 5.56 Å². The van der Waals surface area contributed by atoms with Crippen molar-refractivity contribution in [2.45, 2.75) is 25.2 Å². The van der Waals surface area contributed by atoms with Gasteiger partial charge in [-0.15, -0.1) is 0 Å². The van der Waals surface area contributed by atoms with E-state index < -0.39 is 0 Å². The average Bonchev–Trinajstić information content (AvgIpc) is 3.13. The molecule has 1 saturated carbocycles. The number of carbonyl (C=O) groups is 1. The highest BCUT2D eigenvalue weighted by atomic mass is 16.2. The first-order chi connectivity index (χ1) is 9.03. The van der Waals surface area contributed by atoms with Crippen LogP contribution < -0.4 is 10.5 Å². The number of nitrogens with one attached hydrogen (secondary N) is 1. The second kappa shape index (κ2) is 3.04. The Labute approximate surface area is 109 Å². The number of carbonyl (C=O) groups excluding carboxylic acids is 1. The average molecular weight is 255 g/mol. The van der Waals surface area contributed by atoms with Crippen LogP contribution in [0.1, 0.15) is 24.2 Å². The smallest absolute Gasteiger partial charge is 0.258 e. The minimum Gasteiger partial charge on any atom is -0.314 e. The summed E-state index contributed by atoms with van der Waals surface area (Å²) in [6.07, 6.45) is 1.80. The third-order valence-corrected chi connectivity index (χ3v) is 4.28. The number of fused-ring (bicyclic) bond motifs is 3. The lowest BCUT2D eigenvalue weighted by atomic mass is 9.97. The van der Waals surface area contributed by atoms with E-state index in [9.17, 15) is 9.59 Å². The molecule has 1 fully saturated rings. The summed E-state index contributed by atoms with van der Waals surface area (Å²) in [7, 11) is 1.77. The molecule has 4 rings (SSSR count). The number of rotatable bonds is 0. The van der Waals surface area contributed by atoms with Crippen LogP contribution in [-0.4, -0.2) is 22.9 Å². The molecule has 1 aromatic heterocycles. The molecule has 1 aliphatic carbocycles. The fourth-order valence-electron chi connectivity index (χ4n) is 3.11.